The predicted molar refractivity (Wildman–Crippen MR) is 91.3 cm³/mol. The lowest BCUT2D eigenvalue weighted by molar-refractivity contribution is -0.137. The molecule has 2 atom stereocenters. The molecule has 0 aromatic heterocycles. The zero-order valence-corrected chi connectivity index (χ0v) is 14.3. The average Bonchev–Trinajstić information content (AvgIpc) is 3.41. The van der Waals surface area contributed by atoms with Crippen LogP contribution >= 0.6 is 0 Å². The second-order valence-electron chi connectivity index (χ2n) is 6.49. The molecule has 2 unspecified atom stereocenters. The zero-order valence-electron chi connectivity index (χ0n) is 14.3. The summed E-state index contributed by atoms with van der Waals surface area (Å²) in [6, 6.07) is 12.8. The van der Waals surface area contributed by atoms with Crippen molar-refractivity contribution in [1.82, 2.24) is 5.32 Å². The minimum absolute atomic E-state index is 0.00787. The molecule has 0 aliphatic heterocycles. The van der Waals surface area contributed by atoms with E-state index < -0.39 is 11.7 Å². The van der Waals surface area contributed by atoms with E-state index in [0.29, 0.717) is 19.6 Å². The van der Waals surface area contributed by atoms with Gasteiger partial charge in [0, 0.05) is 19.6 Å². The molecule has 2 aromatic carbocycles. The Morgan fingerprint density at radius 2 is 1.77 bits per heavy atom. The molecular weight excluding hydrogens is 343 g/mol. The molecule has 0 saturated heterocycles. The van der Waals surface area contributed by atoms with Crippen molar-refractivity contribution in [2.75, 3.05) is 7.11 Å². The molecule has 0 bridgehead atoms. The van der Waals surface area contributed by atoms with Crippen molar-refractivity contribution < 1.29 is 22.7 Å². The van der Waals surface area contributed by atoms with Crippen LogP contribution in [0.15, 0.2) is 48.5 Å². The number of amides is 1. The number of carbonyl (C=O) groups is 1. The van der Waals surface area contributed by atoms with Gasteiger partial charge in [-0.05, 0) is 41.2 Å². The van der Waals surface area contributed by atoms with Gasteiger partial charge in [-0.1, -0.05) is 36.4 Å². The Kier molecular flexibility index (Phi) is 5.32. The summed E-state index contributed by atoms with van der Waals surface area (Å²) in [5.74, 6) is -0.255. The van der Waals surface area contributed by atoms with Crippen LogP contribution in [0.25, 0.3) is 0 Å². The first-order chi connectivity index (χ1) is 12.4. The van der Waals surface area contributed by atoms with Crippen LogP contribution in [0.3, 0.4) is 0 Å². The maximum atomic E-state index is 12.6. The van der Waals surface area contributed by atoms with E-state index in [1.54, 1.807) is 7.11 Å². The predicted octanol–water partition coefficient (Wildman–Crippen LogP) is 4.27. The van der Waals surface area contributed by atoms with Crippen molar-refractivity contribution >= 4 is 5.91 Å². The molecular formula is C20H20F3NO2. The van der Waals surface area contributed by atoms with Crippen molar-refractivity contribution in [1.29, 1.82) is 0 Å². The van der Waals surface area contributed by atoms with Gasteiger partial charge in [0.1, 0.15) is 0 Å². The largest absolute Gasteiger partial charge is 0.416 e. The monoisotopic (exact) mass is 363 g/mol. The molecule has 1 fully saturated rings. The second-order valence-corrected chi connectivity index (χ2v) is 6.49. The summed E-state index contributed by atoms with van der Waals surface area (Å²) in [4.78, 5) is 12.3. The van der Waals surface area contributed by atoms with Gasteiger partial charge in [0.25, 0.3) is 0 Å². The molecule has 1 aliphatic carbocycles. The van der Waals surface area contributed by atoms with Gasteiger partial charge in [0.2, 0.25) is 5.91 Å². The number of nitrogens with one attached hydrogen (secondary N) is 1. The minimum Gasteiger partial charge on any atom is -0.380 e. The van der Waals surface area contributed by atoms with Crippen LogP contribution in [0.1, 0.15) is 34.6 Å². The van der Waals surface area contributed by atoms with Crippen molar-refractivity contribution in [2.24, 2.45) is 5.92 Å². The number of hydrogen-bond donors (Lipinski definition) is 1. The Morgan fingerprint density at radius 1 is 1.12 bits per heavy atom. The summed E-state index contributed by atoms with van der Waals surface area (Å²) in [6.07, 6.45) is -3.68. The van der Waals surface area contributed by atoms with Crippen LogP contribution in [-0.4, -0.2) is 13.0 Å². The van der Waals surface area contributed by atoms with E-state index in [2.05, 4.69) is 5.32 Å². The normalized spacial score (nSPS) is 19.2. The van der Waals surface area contributed by atoms with Gasteiger partial charge < -0.3 is 10.1 Å². The lowest BCUT2D eigenvalue weighted by atomic mass is 10.1. The number of methoxy groups -OCH3 is 1. The number of carbonyl (C=O) groups excluding carboxylic acids is 1. The van der Waals surface area contributed by atoms with E-state index in [4.69, 9.17) is 4.74 Å². The molecule has 0 radical (unpaired) electrons. The van der Waals surface area contributed by atoms with Crippen LogP contribution in [0, 0.1) is 5.92 Å². The van der Waals surface area contributed by atoms with Crippen molar-refractivity contribution in [3.63, 3.8) is 0 Å². The molecule has 6 heteroatoms. The Hall–Kier alpha value is -2.34. The smallest absolute Gasteiger partial charge is 0.380 e. The molecule has 1 saturated carbocycles. The maximum absolute atomic E-state index is 12.6. The minimum atomic E-state index is -4.34. The molecule has 3 nitrogen and oxygen atoms in total. The standard InChI is InChI=1S/C20H20F3NO2/c1-26-12-15-5-3-2-4-14(15)11-24-19(25)18-10-17(18)13-6-8-16(9-7-13)20(21,22)23/h2-9,17-18H,10-12H2,1H3,(H,24,25). The zero-order chi connectivity index (χ0) is 18.7. The van der Waals surface area contributed by atoms with E-state index in [1.807, 2.05) is 24.3 Å². The summed E-state index contributed by atoms with van der Waals surface area (Å²) in [7, 11) is 1.62. The fourth-order valence-electron chi connectivity index (χ4n) is 3.11. The molecule has 1 amide bonds. The average molecular weight is 363 g/mol. The van der Waals surface area contributed by atoms with Gasteiger partial charge in [-0.3, -0.25) is 4.79 Å². The summed E-state index contributed by atoms with van der Waals surface area (Å²) >= 11 is 0. The molecule has 1 aliphatic rings. The first-order valence-corrected chi connectivity index (χ1v) is 8.40. The van der Waals surface area contributed by atoms with Gasteiger partial charge in [-0.15, -0.1) is 0 Å². The Morgan fingerprint density at radius 3 is 2.38 bits per heavy atom. The molecule has 2 aromatic rings. The number of rotatable bonds is 6. The second kappa shape index (κ2) is 7.50. The maximum Gasteiger partial charge on any atom is 0.416 e. The summed E-state index contributed by atoms with van der Waals surface area (Å²) < 4.78 is 43.0. The first kappa shape index (κ1) is 18.5. The number of hydrogen-bond acceptors (Lipinski definition) is 2. The van der Waals surface area contributed by atoms with Crippen molar-refractivity contribution in [3.05, 3.63) is 70.8 Å². The van der Waals surface area contributed by atoms with Gasteiger partial charge in [-0.25, -0.2) is 0 Å². The van der Waals surface area contributed by atoms with Crippen molar-refractivity contribution in [2.45, 2.75) is 31.7 Å². The third kappa shape index (κ3) is 4.25. The Bertz CT molecular complexity index is 771. The molecule has 0 heterocycles. The van der Waals surface area contributed by atoms with E-state index in [9.17, 15) is 18.0 Å². The Labute approximate surface area is 150 Å². The topological polar surface area (TPSA) is 38.3 Å². The molecule has 26 heavy (non-hydrogen) atoms. The third-order valence-corrected chi connectivity index (χ3v) is 4.66. The lowest BCUT2D eigenvalue weighted by Gasteiger charge is -2.10. The lowest BCUT2D eigenvalue weighted by Crippen LogP contribution is -2.25. The van der Waals surface area contributed by atoms with E-state index in [1.165, 1.54) is 12.1 Å². The molecule has 0 spiro atoms. The van der Waals surface area contributed by atoms with Gasteiger partial charge >= 0.3 is 6.18 Å². The fraction of sp³-hybridized carbons (Fsp3) is 0.350. The SMILES string of the molecule is COCc1ccccc1CNC(=O)C1CC1c1ccc(C(F)(F)F)cc1. The van der Waals surface area contributed by atoms with Gasteiger partial charge in [-0.2, -0.15) is 13.2 Å². The number of benzene rings is 2. The number of halogens is 3. The van der Waals surface area contributed by atoms with Crippen LogP contribution in [0.2, 0.25) is 0 Å². The molecule has 3 rings (SSSR count). The summed E-state index contributed by atoms with van der Waals surface area (Å²) in [5.41, 5.74) is 2.12. The Balaban J connectivity index is 1.56. The van der Waals surface area contributed by atoms with Crippen LogP contribution in [-0.2, 0) is 28.9 Å². The summed E-state index contributed by atoms with van der Waals surface area (Å²) in [6.45, 7) is 0.887. The number of ether oxygens (including phenoxy) is 1. The van der Waals surface area contributed by atoms with E-state index in [0.717, 1.165) is 28.8 Å². The molecule has 1 N–H and O–H groups in total. The van der Waals surface area contributed by atoms with Crippen LogP contribution < -0.4 is 5.32 Å². The highest BCUT2D eigenvalue weighted by Crippen LogP contribution is 2.48. The van der Waals surface area contributed by atoms with Crippen molar-refractivity contribution in [3.8, 4) is 0 Å². The first-order valence-electron chi connectivity index (χ1n) is 8.40. The van der Waals surface area contributed by atoms with Gasteiger partial charge in [0.15, 0.2) is 0 Å². The quantitative estimate of drug-likeness (QED) is 0.832. The third-order valence-electron chi connectivity index (χ3n) is 4.66. The highest BCUT2D eigenvalue weighted by molar-refractivity contribution is 5.82. The summed E-state index contributed by atoms with van der Waals surface area (Å²) in [5, 5.41) is 2.92. The highest BCUT2D eigenvalue weighted by Gasteiger charge is 2.44. The van der Waals surface area contributed by atoms with Gasteiger partial charge in [0.05, 0.1) is 12.2 Å². The number of alkyl halides is 3. The van der Waals surface area contributed by atoms with E-state index >= 15 is 0 Å². The highest BCUT2D eigenvalue weighted by atomic mass is 19.4. The van der Waals surface area contributed by atoms with E-state index in [-0.39, 0.29) is 17.7 Å². The molecule has 138 valence electrons. The van der Waals surface area contributed by atoms with Crippen LogP contribution in [0.5, 0.6) is 0 Å². The van der Waals surface area contributed by atoms with Crippen LogP contribution in [0.4, 0.5) is 13.2 Å². The fourth-order valence-corrected chi connectivity index (χ4v) is 3.11.